The normalized spacial score (nSPS) is 20.0. The fraction of sp³-hybridized carbons (Fsp3) is 0.286. The Kier molecular flexibility index (Phi) is 4.93. The van der Waals surface area contributed by atoms with Gasteiger partial charge in [-0.3, -0.25) is 4.79 Å². The second kappa shape index (κ2) is 6.87. The molecule has 0 N–H and O–H groups in total. The summed E-state index contributed by atoms with van der Waals surface area (Å²) in [6.45, 7) is 4.51. The quantitative estimate of drug-likeness (QED) is 0.517. The summed E-state index contributed by atoms with van der Waals surface area (Å²) in [5.74, 6) is 0.117. The van der Waals surface area contributed by atoms with Crippen molar-refractivity contribution in [2.75, 3.05) is 0 Å². The molecule has 0 aromatic heterocycles. The van der Waals surface area contributed by atoms with Gasteiger partial charge in [0.15, 0.2) is 5.78 Å². The molecule has 0 amide bonds. The van der Waals surface area contributed by atoms with Crippen molar-refractivity contribution >= 4 is 25.1 Å². The van der Waals surface area contributed by atoms with E-state index >= 15 is 0 Å². The number of carbonyl (C=O) groups excluding carboxylic acids is 1. The minimum Gasteiger partial charge on any atom is -0.295 e. The Morgan fingerprint density at radius 3 is 2.19 bits per heavy atom. The molecule has 5 heteroatoms. The Balaban J connectivity index is 1.94. The molecule has 1 aliphatic rings. The zero-order valence-corrected chi connectivity index (χ0v) is 15.8. The molecule has 0 aliphatic heterocycles. The highest BCUT2D eigenvalue weighted by Crippen LogP contribution is 2.42. The Bertz CT molecular complexity index is 821. The molecule has 2 aromatic carbocycles. The molecule has 136 valence electrons. The van der Waals surface area contributed by atoms with Crippen molar-refractivity contribution in [3.8, 4) is 0 Å². The van der Waals surface area contributed by atoms with E-state index in [2.05, 4.69) is 25.2 Å². The van der Waals surface area contributed by atoms with Gasteiger partial charge in [-0.05, 0) is 41.3 Å². The molecule has 3 rings (SSSR count). The van der Waals surface area contributed by atoms with Gasteiger partial charge < -0.3 is 0 Å². The molecule has 0 radical (unpaired) electrons. The molecule has 1 nitrogen and oxygen atoms in total. The van der Waals surface area contributed by atoms with Crippen LogP contribution in [0.15, 0.2) is 60.2 Å². The van der Waals surface area contributed by atoms with Gasteiger partial charge in [-0.25, -0.2) is 0 Å². The van der Waals surface area contributed by atoms with Gasteiger partial charge in [0.25, 0.3) is 0 Å². The second-order valence-electron chi connectivity index (χ2n) is 7.32. The van der Waals surface area contributed by atoms with E-state index in [0.29, 0.717) is 12.0 Å². The lowest BCUT2D eigenvalue weighted by molar-refractivity contribution is -0.137. The number of rotatable bonds is 3. The van der Waals surface area contributed by atoms with E-state index in [0.717, 1.165) is 24.1 Å². The zero-order chi connectivity index (χ0) is 18.9. The first kappa shape index (κ1) is 18.6. The van der Waals surface area contributed by atoms with Gasteiger partial charge in [0.2, 0.25) is 0 Å². The average Bonchev–Trinajstić information content (AvgIpc) is 2.97. The summed E-state index contributed by atoms with van der Waals surface area (Å²) in [5.41, 5.74) is 0.920. The predicted molar refractivity (Wildman–Crippen MR) is 101 cm³/mol. The number of Topliss-reactive ketones (excluding diaryl/α,β-unsaturated/α-hetero) is 1. The minimum atomic E-state index is -4.35. The maximum absolute atomic E-state index is 12.7. The lowest BCUT2D eigenvalue weighted by Crippen LogP contribution is -2.45. The van der Waals surface area contributed by atoms with E-state index in [1.54, 1.807) is 6.08 Å². The van der Waals surface area contributed by atoms with E-state index in [9.17, 15) is 18.0 Å². The van der Waals surface area contributed by atoms with Crippen LogP contribution in [0.3, 0.4) is 0 Å². The van der Waals surface area contributed by atoms with Gasteiger partial charge >= 0.3 is 6.18 Å². The Morgan fingerprint density at radius 1 is 1.00 bits per heavy atom. The number of hydrogen-bond donors (Lipinski definition) is 0. The zero-order valence-electron chi connectivity index (χ0n) is 14.8. The number of hydrogen-bond acceptors (Lipinski definition) is 1. The Hall–Kier alpha value is -2.14. The molecule has 0 spiro atoms. The summed E-state index contributed by atoms with van der Waals surface area (Å²) < 4.78 is 38.2. The Labute approximate surface area is 152 Å². The summed E-state index contributed by atoms with van der Waals surface area (Å²) >= 11 is 0. The van der Waals surface area contributed by atoms with Crippen LogP contribution in [0.5, 0.6) is 0 Å². The fourth-order valence-corrected chi connectivity index (χ4v) is 7.06. The van der Waals surface area contributed by atoms with Crippen LogP contribution >= 0.6 is 0 Å². The molecular weight excluding hydrogens is 353 g/mol. The van der Waals surface area contributed by atoms with E-state index in [1.807, 2.05) is 18.2 Å². The summed E-state index contributed by atoms with van der Waals surface area (Å²) in [5, 5.41) is 1.29. The molecule has 1 aliphatic carbocycles. The van der Waals surface area contributed by atoms with Crippen LogP contribution < -0.4 is 5.19 Å². The van der Waals surface area contributed by atoms with Crippen molar-refractivity contribution in [3.05, 3.63) is 71.3 Å². The molecule has 1 saturated carbocycles. The molecule has 26 heavy (non-hydrogen) atoms. The molecule has 1 atom stereocenters. The van der Waals surface area contributed by atoms with Crippen LogP contribution in [0.1, 0.15) is 24.0 Å². The number of ketones is 1. The molecule has 0 saturated heterocycles. The van der Waals surface area contributed by atoms with Crippen LogP contribution in [0, 0.1) is 0 Å². The van der Waals surface area contributed by atoms with Crippen molar-refractivity contribution in [2.45, 2.75) is 37.7 Å². The van der Waals surface area contributed by atoms with E-state index in [4.69, 9.17) is 0 Å². The van der Waals surface area contributed by atoms with Gasteiger partial charge in [-0.2, -0.15) is 13.2 Å². The van der Waals surface area contributed by atoms with Crippen LogP contribution in [0.4, 0.5) is 13.2 Å². The highest BCUT2D eigenvalue weighted by atomic mass is 28.3. The van der Waals surface area contributed by atoms with Crippen LogP contribution in [-0.2, 0) is 11.0 Å². The topological polar surface area (TPSA) is 17.1 Å². The highest BCUT2D eigenvalue weighted by Gasteiger charge is 2.41. The van der Waals surface area contributed by atoms with Crippen molar-refractivity contribution in [1.82, 2.24) is 0 Å². The standard InChI is InChI=1S/C21H21F3OSi/c1-26(2,17-6-4-3-5-7-17)20-13-12-19(25)18(20)14-15-8-10-16(11-9-15)21(22,23)24/h3-11,14,20H,12-13H2,1-2H3. The number of halogens is 3. The van der Waals surface area contributed by atoms with Gasteiger partial charge in [0.05, 0.1) is 13.6 Å². The first-order chi connectivity index (χ1) is 12.2. The second-order valence-corrected chi connectivity index (χ2v) is 12.0. The third kappa shape index (κ3) is 3.68. The van der Waals surface area contributed by atoms with Crippen LogP contribution in [0.25, 0.3) is 6.08 Å². The highest BCUT2D eigenvalue weighted by molar-refractivity contribution is 6.92. The molecular formula is C21H21F3OSi. The minimum absolute atomic E-state index is 0.117. The third-order valence-corrected chi connectivity index (χ3v) is 9.47. The summed E-state index contributed by atoms with van der Waals surface area (Å²) in [6, 6.07) is 15.3. The van der Waals surface area contributed by atoms with Crippen LogP contribution in [-0.4, -0.2) is 13.9 Å². The van der Waals surface area contributed by atoms with Crippen LogP contribution in [0.2, 0.25) is 18.6 Å². The van der Waals surface area contributed by atoms with Crippen molar-refractivity contribution in [2.24, 2.45) is 0 Å². The van der Waals surface area contributed by atoms with Crippen molar-refractivity contribution < 1.29 is 18.0 Å². The Morgan fingerprint density at radius 2 is 1.62 bits per heavy atom. The lowest BCUT2D eigenvalue weighted by atomic mass is 10.1. The fourth-order valence-electron chi connectivity index (χ4n) is 3.72. The number of alkyl halides is 3. The molecule has 0 heterocycles. The number of carbonyl (C=O) groups is 1. The largest absolute Gasteiger partial charge is 0.416 e. The third-order valence-electron chi connectivity index (χ3n) is 5.31. The number of benzene rings is 2. The molecule has 1 unspecified atom stereocenters. The predicted octanol–water partition coefficient (Wildman–Crippen LogP) is 5.44. The summed E-state index contributed by atoms with van der Waals surface area (Å²) in [7, 11) is -1.92. The summed E-state index contributed by atoms with van der Waals surface area (Å²) in [4.78, 5) is 12.5. The van der Waals surface area contributed by atoms with Gasteiger partial charge in [-0.15, -0.1) is 0 Å². The van der Waals surface area contributed by atoms with E-state index in [1.165, 1.54) is 17.3 Å². The first-order valence-corrected chi connectivity index (χ1v) is 11.7. The number of allylic oxidation sites excluding steroid dienone is 1. The smallest absolute Gasteiger partial charge is 0.295 e. The van der Waals surface area contributed by atoms with Crippen molar-refractivity contribution in [3.63, 3.8) is 0 Å². The lowest BCUT2D eigenvalue weighted by Gasteiger charge is -2.30. The van der Waals surface area contributed by atoms with E-state index in [-0.39, 0.29) is 11.3 Å². The maximum atomic E-state index is 12.7. The van der Waals surface area contributed by atoms with Gasteiger partial charge in [0.1, 0.15) is 0 Å². The molecule has 2 aromatic rings. The molecule has 1 fully saturated rings. The SMILES string of the molecule is C[Si](C)(c1ccccc1)C1CCC(=O)C1=Cc1ccc(C(F)(F)F)cc1. The van der Waals surface area contributed by atoms with Crippen molar-refractivity contribution in [1.29, 1.82) is 0 Å². The van der Waals surface area contributed by atoms with Gasteiger partial charge in [0, 0.05) is 6.42 Å². The maximum Gasteiger partial charge on any atom is 0.416 e. The van der Waals surface area contributed by atoms with E-state index < -0.39 is 19.8 Å². The van der Waals surface area contributed by atoms with Gasteiger partial charge in [-0.1, -0.05) is 60.7 Å². The molecule has 0 bridgehead atoms. The first-order valence-electron chi connectivity index (χ1n) is 8.67. The summed E-state index contributed by atoms with van der Waals surface area (Å²) in [6.07, 6.45) is -1.22. The monoisotopic (exact) mass is 374 g/mol. The average molecular weight is 374 g/mol.